The molecule has 0 radical (unpaired) electrons. The summed E-state index contributed by atoms with van der Waals surface area (Å²) in [5.74, 6) is 1.18. The fourth-order valence-electron chi connectivity index (χ4n) is 2.99. The smallest absolute Gasteiger partial charge is 0.187 e. The van der Waals surface area contributed by atoms with Crippen molar-refractivity contribution in [1.82, 2.24) is 10.7 Å². The Bertz CT molecular complexity index is 662. The summed E-state index contributed by atoms with van der Waals surface area (Å²) in [6.07, 6.45) is 8.28. The van der Waals surface area contributed by atoms with E-state index in [0.29, 0.717) is 33.6 Å². The van der Waals surface area contributed by atoms with Crippen molar-refractivity contribution < 1.29 is 5.11 Å². The van der Waals surface area contributed by atoms with Crippen LogP contribution in [0.5, 0.6) is 5.75 Å². The molecule has 7 heteroatoms. The molecule has 116 valence electrons. The maximum absolute atomic E-state index is 9.82. The molecule has 0 saturated heterocycles. The van der Waals surface area contributed by atoms with Crippen LogP contribution in [0, 0.1) is 11.8 Å². The quantitative estimate of drug-likeness (QED) is 0.336. The fraction of sp³-hybridized carbons (Fsp3) is 0.333. The van der Waals surface area contributed by atoms with Crippen molar-refractivity contribution >= 4 is 46.7 Å². The van der Waals surface area contributed by atoms with Gasteiger partial charge in [0.05, 0.1) is 11.2 Å². The number of phenols is 1. The Morgan fingerprint density at radius 3 is 2.82 bits per heavy atom. The molecule has 0 aromatic heterocycles. The van der Waals surface area contributed by atoms with Gasteiger partial charge in [0, 0.05) is 16.6 Å². The highest BCUT2D eigenvalue weighted by Crippen LogP contribution is 2.38. The number of hydrogen-bond acceptors (Lipinski definition) is 3. The zero-order chi connectivity index (χ0) is 15.7. The predicted molar refractivity (Wildman–Crippen MR) is 93.7 cm³/mol. The van der Waals surface area contributed by atoms with Crippen LogP contribution < -0.4 is 10.7 Å². The first-order valence-corrected chi connectivity index (χ1v) is 8.15. The molecule has 22 heavy (non-hydrogen) atoms. The Morgan fingerprint density at radius 1 is 1.32 bits per heavy atom. The molecule has 1 aromatic carbocycles. The third-order valence-corrected chi connectivity index (χ3v) is 4.74. The van der Waals surface area contributed by atoms with Gasteiger partial charge in [-0.1, -0.05) is 35.4 Å². The van der Waals surface area contributed by atoms with Crippen molar-refractivity contribution in [3.05, 3.63) is 39.9 Å². The Hall–Kier alpha value is -1.30. The lowest BCUT2D eigenvalue weighted by molar-refractivity contribution is 0.474. The summed E-state index contributed by atoms with van der Waals surface area (Å²) in [7, 11) is 0. The average Bonchev–Trinajstić information content (AvgIpc) is 3.06. The lowest BCUT2D eigenvalue weighted by Gasteiger charge is -2.20. The van der Waals surface area contributed by atoms with Gasteiger partial charge in [-0.05, 0) is 49.0 Å². The summed E-state index contributed by atoms with van der Waals surface area (Å²) in [6.45, 7) is 0. The van der Waals surface area contributed by atoms with Gasteiger partial charge in [-0.2, -0.15) is 5.10 Å². The number of aromatic hydroxyl groups is 1. The number of hydrazone groups is 1. The second-order valence-electron chi connectivity index (χ2n) is 5.56. The first-order chi connectivity index (χ1) is 10.5. The third-order valence-electron chi connectivity index (χ3n) is 4.02. The molecule has 0 heterocycles. The number of rotatable bonds is 3. The molecule has 3 rings (SSSR count). The van der Waals surface area contributed by atoms with E-state index in [2.05, 4.69) is 28.0 Å². The normalized spacial score (nSPS) is 25.8. The van der Waals surface area contributed by atoms with Crippen LogP contribution in [-0.4, -0.2) is 22.5 Å². The molecule has 2 aliphatic rings. The van der Waals surface area contributed by atoms with Crippen molar-refractivity contribution in [2.45, 2.75) is 18.9 Å². The van der Waals surface area contributed by atoms with E-state index < -0.39 is 0 Å². The summed E-state index contributed by atoms with van der Waals surface area (Å²) in [6, 6.07) is 3.42. The molecule has 0 amide bonds. The van der Waals surface area contributed by atoms with Crippen molar-refractivity contribution in [1.29, 1.82) is 0 Å². The number of nitrogens with zero attached hydrogens (tertiary/aromatic N) is 1. The van der Waals surface area contributed by atoms with Crippen LogP contribution in [0.25, 0.3) is 0 Å². The molecule has 3 N–H and O–H groups in total. The molecule has 4 nitrogen and oxygen atoms in total. The van der Waals surface area contributed by atoms with Crippen molar-refractivity contribution in [2.75, 3.05) is 0 Å². The number of thiocarbonyl (C=S) groups is 1. The van der Waals surface area contributed by atoms with E-state index in [-0.39, 0.29) is 10.8 Å². The lowest BCUT2D eigenvalue weighted by atomic mass is 10.0. The first-order valence-electron chi connectivity index (χ1n) is 6.99. The van der Waals surface area contributed by atoms with Gasteiger partial charge in [0.1, 0.15) is 5.75 Å². The van der Waals surface area contributed by atoms with Crippen molar-refractivity contribution in [2.24, 2.45) is 16.9 Å². The molecule has 0 spiro atoms. The van der Waals surface area contributed by atoms with Gasteiger partial charge in [-0.15, -0.1) is 0 Å². The fourth-order valence-corrected chi connectivity index (χ4v) is 3.71. The topological polar surface area (TPSA) is 56.7 Å². The molecule has 2 aliphatic carbocycles. The maximum Gasteiger partial charge on any atom is 0.187 e. The molecule has 1 aromatic rings. The minimum atomic E-state index is -0.0614. The average molecular weight is 356 g/mol. The monoisotopic (exact) mass is 355 g/mol. The molecular weight excluding hydrogens is 341 g/mol. The zero-order valence-electron chi connectivity index (χ0n) is 11.6. The van der Waals surface area contributed by atoms with Gasteiger partial charge in [0.25, 0.3) is 0 Å². The van der Waals surface area contributed by atoms with Crippen LogP contribution in [0.1, 0.15) is 18.4 Å². The second-order valence-corrected chi connectivity index (χ2v) is 6.81. The van der Waals surface area contributed by atoms with E-state index in [4.69, 9.17) is 35.4 Å². The van der Waals surface area contributed by atoms with Gasteiger partial charge >= 0.3 is 0 Å². The minimum absolute atomic E-state index is 0.0614. The third kappa shape index (κ3) is 3.37. The first kappa shape index (κ1) is 15.6. The summed E-state index contributed by atoms with van der Waals surface area (Å²) in [4.78, 5) is 0. The molecule has 0 aliphatic heterocycles. The Kier molecular flexibility index (Phi) is 4.57. The maximum atomic E-state index is 9.82. The Morgan fingerprint density at radius 2 is 2.14 bits per heavy atom. The second kappa shape index (κ2) is 6.44. The summed E-state index contributed by atoms with van der Waals surface area (Å²) < 4.78 is 0. The highest BCUT2D eigenvalue weighted by atomic mass is 35.5. The predicted octanol–water partition coefficient (Wildman–Crippen LogP) is 3.46. The number of nitrogens with one attached hydrogen (secondary N) is 2. The van der Waals surface area contributed by atoms with Gasteiger partial charge in [0.2, 0.25) is 0 Å². The van der Waals surface area contributed by atoms with Gasteiger partial charge in [0.15, 0.2) is 5.11 Å². The number of fused-ring (bicyclic) bond motifs is 2. The minimum Gasteiger partial charge on any atom is -0.506 e. The van der Waals surface area contributed by atoms with Crippen LogP contribution >= 0.6 is 35.4 Å². The number of allylic oxidation sites excluding steroid dienone is 1. The van der Waals surface area contributed by atoms with Crippen molar-refractivity contribution in [3.8, 4) is 5.75 Å². The summed E-state index contributed by atoms with van der Waals surface area (Å²) in [5.41, 5.74) is 3.18. The summed E-state index contributed by atoms with van der Waals surface area (Å²) in [5, 5.41) is 18.2. The number of benzene rings is 1. The molecular formula is C15H15Cl2N3OS. The van der Waals surface area contributed by atoms with Gasteiger partial charge in [-0.25, -0.2) is 0 Å². The Labute approximate surface area is 144 Å². The van der Waals surface area contributed by atoms with Crippen LogP contribution in [0.2, 0.25) is 10.0 Å². The Balaban J connectivity index is 1.56. The number of hydrogen-bond donors (Lipinski definition) is 3. The van der Waals surface area contributed by atoms with E-state index in [1.54, 1.807) is 6.07 Å². The van der Waals surface area contributed by atoms with E-state index in [1.807, 2.05) is 0 Å². The molecule has 1 saturated carbocycles. The van der Waals surface area contributed by atoms with E-state index in [9.17, 15) is 5.11 Å². The van der Waals surface area contributed by atoms with E-state index >= 15 is 0 Å². The molecule has 3 atom stereocenters. The lowest BCUT2D eigenvalue weighted by Crippen LogP contribution is -2.42. The molecule has 0 unspecified atom stereocenters. The largest absolute Gasteiger partial charge is 0.506 e. The van der Waals surface area contributed by atoms with Crippen LogP contribution in [-0.2, 0) is 0 Å². The van der Waals surface area contributed by atoms with E-state index in [0.717, 1.165) is 6.42 Å². The SMILES string of the molecule is Oc1c(Cl)cc(Cl)cc1/C=N\NC(=S)N[C@@H]1C[C@H]2C=C[C@@H]1C2. The van der Waals surface area contributed by atoms with Crippen LogP contribution in [0.15, 0.2) is 29.4 Å². The highest BCUT2D eigenvalue weighted by molar-refractivity contribution is 7.80. The van der Waals surface area contributed by atoms with E-state index in [1.165, 1.54) is 18.7 Å². The standard InChI is InChI=1S/C15H15Cl2N3OS/c16-11-5-10(14(21)12(17)6-11)7-18-20-15(22)19-13-4-8-1-2-9(13)3-8/h1-2,5-9,13,21H,3-4H2,(H2,19,20,22)/b18-7-/t8-,9+,13+/m0/s1. The molecule has 1 fully saturated rings. The summed E-state index contributed by atoms with van der Waals surface area (Å²) >= 11 is 17.0. The number of halogens is 2. The highest BCUT2D eigenvalue weighted by Gasteiger charge is 2.35. The number of phenolic OH excluding ortho intramolecular Hbond substituents is 1. The van der Waals surface area contributed by atoms with Gasteiger partial charge < -0.3 is 10.4 Å². The zero-order valence-corrected chi connectivity index (χ0v) is 13.9. The molecule has 2 bridgehead atoms. The van der Waals surface area contributed by atoms with Gasteiger partial charge in [-0.3, -0.25) is 5.43 Å². The van der Waals surface area contributed by atoms with Crippen LogP contribution in [0.3, 0.4) is 0 Å². The van der Waals surface area contributed by atoms with Crippen molar-refractivity contribution in [3.63, 3.8) is 0 Å². The van der Waals surface area contributed by atoms with Crippen LogP contribution in [0.4, 0.5) is 0 Å².